The summed E-state index contributed by atoms with van der Waals surface area (Å²) in [6.07, 6.45) is 0. The number of methoxy groups -OCH3 is 1. The van der Waals surface area contributed by atoms with Crippen LogP contribution in [0, 0.1) is 12.7 Å². The highest BCUT2D eigenvalue weighted by molar-refractivity contribution is 6.46. The van der Waals surface area contributed by atoms with Crippen LogP contribution in [-0.2, 0) is 20.9 Å². The molecule has 1 aliphatic rings. The van der Waals surface area contributed by atoms with Crippen LogP contribution < -0.4 is 4.74 Å². The average molecular weight is 476 g/mol. The fourth-order valence-corrected chi connectivity index (χ4v) is 4.17. The molecule has 180 valence electrons. The molecule has 1 aliphatic heterocycles. The molecule has 3 aromatic carbocycles. The molecule has 7 heteroatoms. The number of likely N-dealkylation sites (tertiary alicyclic amines) is 1. The zero-order valence-electron chi connectivity index (χ0n) is 19.5. The van der Waals surface area contributed by atoms with Crippen molar-refractivity contribution in [2.24, 2.45) is 0 Å². The van der Waals surface area contributed by atoms with Gasteiger partial charge in [0.05, 0.1) is 18.2 Å². The van der Waals surface area contributed by atoms with E-state index in [9.17, 15) is 19.1 Å². The van der Waals surface area contributed by atoms with E-state index in [0.29, 0.717) is 29.0 Å². The van der Waals surface area contributed by atoms with E-state index < -0.39 is 23.5 Å². The first-order valence-corrected chi connectivity index (χ1v) is 11.2. The summed E-state index contributed by atoms with van der Waals surface area (Å²) in [5.74, 6) is -1.65. The lowest BCUT2D eigenvalue weighted by molar-refractivity contribution is -0.140. The number of amides is 1. The maximum absolute atomic E-state index is 13.6. The van der Waals surface area contributed by atoms with E-state index in [-0.39, 0.29) is 24.5 Å². The number of benzene rings is 3. The normalized spacial score (nSPS) is 17.1. The van der Waals surface area contributed by atoms with Crippen LogP contribution in [0.5, 0.6) is 5.75 Å². The molecule has 1 N–H and O–H groups in total. The lowest BCUT2D eigenvalue weighted by Crippen LogP contribution is -2.32. The molecule has 1 heterocycles. The summed E-state index contributed by atoms with van der Waals surface area (Å²) in [4.78, 5) is 27.2. The first kappa shape index (κ1) is 24.2. The second kappa shape index (κ2) is 10.5. The van der Waals surface area contributed by atoms with Gasteiger partial charge >= 0.3 is 0 Å². The van der Waals surface area contributed by atoms with E-state index in [1.807, 2.05) is 30.3 Å². The maximum atomic E-state index is 13.6. The third-order valence-corrected chi connectivity index (χ3v) is 5.96. The third-order valence-electron chi connectivity index (χ3n) is 5.96. The van der Waals surface area contributed by atoms with Gasteiger partial charge in [-0.1, -0.05) is 42.5 Å². The fourth-order valence-electron chi connectivity index (χ4n) is 4.17. The standard InChI is InChI=1S/C28H26FNO5/c1-18-16-22(35-17-19-6-4-3-5-7-19)12-13-23(18)26(31)24-25(20-8-10-21(29)11-9-20)30(14-15-34-2)28(33)27(24)32/h3-13,16,25,31H,14-15,17H2,1-2H3/b26-24+. The van der Waals surface area contributed by atoms with E-state index >= 15 is 0 Å². The Bertz CT molecular complexity index is 1250. The molecular weight excluding hydrogens is 449 g/mol. The van der Waals surface area contributed by atoms with E-state index in [4.69, 9.17) is 9.47 Å². The number of ketones is 1. The van der Waals surface area contributed by atoms with Crippen LogP contribution in [0.1, 0.15) is 28.3 Å². The Morgan fingerprint density at radius 2 is 1.74 bits per heavy atom. The summed E-state index contributed by atoms with van der Waals surface area (Å²) in [5, 5.41) is 11.3. The summed E-state index contributed by atoms with van der Waals surface area (Å²) in [6.45, 7) is 2.53. The molecule has 1 fully saturated rings. The Balaban J connectivity index is 1.70. The highest BCUT2D eigenvalue weighted by Crippen LogP contribution is 2.40. The summed E-state index contributed by atoms with van der Waals surface area (Å²) in [7, 11) is 1.49. The predicted octanol–water partition coefficient (Wildman–Crippen LogP) is 4.78. The molecule has 35 heavy (non-hydrogen) atoms. The Morgan fingerprint density at radius 1 is 1.03 bits per heavy atom. The molecule has 3 aromatic rings. The SMILES string of the molecule is COCCN1C(=O)C(=O)/C(=C(/O)c2ccc(OCc3ccccc3)cc2C)C1c1ccc(F)cc1. The summed E-state index contributed by atoms with van der Waals surface area (Å²) < 4.78 is 24.5. The van der Waals surface area contributed by atoms with Crippen LogP contribution in [0.3, 0.4) is 0 Å². The van der Waals surface area contributed by atoms with Gasteiger partial charge in [0.15, 0.2) is 0 Å². The van der Waals surface area contributed by atoms with Crippen molar-refractivity contribution in [2.75, 3.05) is 20.3 Å². The number of ether oxygens (including phenoxy) is 2. The molecule has 0 bridgehead atoms. The van der Waals surface area contributed by atoms with Gasteiger partial charge in [0.2, 0.25) is 0 Å². The van der Waals surface area contributed by atoms with Crippen LogP contribution in [0.4, 0.5) is 4.39 Å². The van der Waals surface area contributed by atoms with Crippen molar-refractivity contribution in [3.8, 4) is 5.75 Å². The molecule has 6 nitrogen and oxygen atoms in total. The highest BCUT2D eigenvalue weighted by Gasteiger charge is 2.46. The maximum Gasteiger partial charge on any atom is 0.295 e. The monoisotopic (exact) mass is 475 g/mol. The summed E-state index contributed by atoms with van der Waals surface area (Å²) in [6, 6.07) is 19.5. The van der Waals surface area contributed by atoms with Gasteiger partial charge in [-0.15, -0.1) is 0 Å². The lowest BCUT2D eigenvalue weighted by atomic mass is 9.94. The summed E-state index contributed by atoms with van der Waals surface area (Å²) >= 11 is 0. The third kappa shape index (κ3) is 5.10. The first-order chi connectivity index (χ1) is 16.9. The highest BCUT2D eigenvalue weighted by atomic mass is 19.1. The number of hydrogen-bond donors (Lipinski definition) is 1. The van der Waals surface area contributed by atoms with E-state index in [1.165, 1.54) is 36.3 Å². The Morgan fingerprint density at radius 3 is 2.40 bits per heavy atom. The van der Waals surface area contributed by atoms with Gasteiger partial charge in [0.1, 0.15) is 23.9 Å². The number of hydrogen-bond acceptors (Lipinski definition) is 5. The molecule has 0 aromatic heterocycles. The van der Waals surface area contributed by atoms with Crippen LogP contribution in [0.2, 0.25) is 0 Å². The quantitative estimate of drug-likeness (QED) is 0.288. The molecule has 4 rings (SSSR count). The molecule has 1 saturated heterocycles. The van der Waals surface area contributed by atoms with Gasteiger partial charge in [-0.3, -0.25) is 9.59 Å². The lowest BCUT2D eigenvalue weighted by Gasteiger charge is -2.25. The van der Waals surface area contributed by atoms with Crippen LogP contribution in [0.25, 0.3) is 5.76 Å². The Labute approximate surface area is 203 Å². The summed E-state index contributed by atoms with van der Waals surface area (Å²) in [5.41, 5.74) is 2.58. The molecule has 0 radical (unpaired) electrons. The van der Waals surface area contributed by atoms with Crippen molar-refractivity contribution in [3.63, 3.8) is 0 Å². The number of aliphatic hydroxyl groups is 1. The molecule has 1 amide bonds. The molecule has 1 atom stereocenters. The smallest absolute Gasteiger partial charge is 0.295 e. The van der Waals surface area contributed by atoms with Gasteiger partial charge < -0.3 is 19.5 Å². The van der Waals surface area contributed by atoms with Crippen molar-refractivity contribution in [2.45, 2.75) is 19.6 Å². The number of nitrogens with zero attached hydrogens (tertiary/aromatic N) is 1. The minimum Gasteiger partial charge on any atom is -0.507 e. The zero-order chi connectivity index (χ0) is 24.9. The van der Waals surface area contributed by atoms with Crippen LogP contribution in [0.15, 0.2) is 78.4 Å². The number of aryl methyl sites for hydroxylation is 1. The van der Waals surface area contributed by atoms with E-state index in [0.717, 1.165) is 5.56 Å². The second-order valence-corrected chi connectivity index (χ2v) is 8.29. The number of carbonyl (C=O) groups is 2. The molecule has 0 spiro atoms. The minimum atomic E-state index is -0.862. The molecule has 1 unspecified atom stereocenters. The van der Waals surface area contributed by atoms with Gasteiger partial charge in [-0.05, 0) is 53.9 Å². The molecular formula is C28H26FNO5. The second-order valence-electron chi connectivity index (χ2n) is 8.29. The predicted molar refractivity (Wildman–Crippen MR) is 129 cm³/mol. The van der Waals surface area contributed by atoms with Gasteiger partial charge in [0.25, 0.3) is 11.7 Å². The van der Waals surface area contributed by atoms with E-state index in [2.05, 4.69) is 0 Å². The molecule has 0 saturated carbocycles. The van der Waals surface area contributed by atoms with Gasteiger partial charge in [0, 0.05) is 19.2 Å². The minimum absolute atomic E-state index is 0.0428. The number of rotatable bonds is 8. The van der Waals surface area contributed by atoms with E-state index in [1.54, 1.807) is 25.1 Å². The largest absolute Gasteiger partial charge is 0.507 e. The number of aliphatic hydroxyl groups excluding tert-OH is 1. The number of halogens is 1. The average Bonchev–Trinajstić information content (AvgIpc) is 3.12. The van der Waals surface area contributed by atoms with Gasteiger partial charge in [-0.25, -0.2) is 4.39 Å². The Hall–Kier alpha value is -3.97. The number of Topliss-reactive ketones (excluding diaryl/α,β-unsaturated/α-hetero) is 1. The van der Waals surface area contributed by atoms with Crippen molar-refractivity contribution in [1.29, 1.82) is 0 Å². The fraction of sp³-hybridized carbons (Fsp3) is 0.214. The van der Waals surface area contributed by atoms with Crippen molar-refractivity contribution in [1.82, 2.24) is 4.90 Å². The van der Waals surface area contributed by atoms with Gasteiger partial charge in [-0.2, -0.15) is 0 Å². The van der Waals surface area contributed by atoms with Crippen molar-refractivity contribution in [3.05, 3.63) is 106 Å². The van der Waals surface area contributed by atoms with Crippen molar-refractivity contribution < 1.29 is 28.6 Å². The molecule has 0 aliphatic carbocycles. The number of carbonyl (C=O) groups excluding carboxylic acids is 2. The Kier molecular flexibility index (Phi) is 7.27. The van der Waals surface area contributed by atoms with Crippen LogP contribution in [-0.4, -0.2) is 42.0 Å². The van der Waals surface area contributed by atoms with Crippen LogP contribution >= 0.6 is 0 Å². The topological polar surface area (TPSA) is 76.1 Å². The van der Waals surface area contributed by atoms with Crippen molar-refractivity contribution >= 4 is 17.4 Å². The zero-order valence-corrected chi connectivity index (χ0v) is 19.5. The first-order valence-electron chi connectivity index (χ1n) is 11.2.